The van der Waals surface area contributed by atoms with E-state index in [0.717, 1.165) is 29.0 Å². The maximum atomic E-state index is 9.40. The Balaban J connectivity index is 1.36. The van der Waals surface area contributed by atoms with Crippen LogP contribution in [0, 0.1) is 0 Å². The molecule has 0 amide bonds. The number of hydrogen-bond donors (Lipinski definition) is 2. The highest BCUT2D eigenvalue weighted by atomic mass is 16.5. The molecule has 1 heterocycles. The number of nitrogens with one attached hydrogen (secondary N) is 1. The molecule has 4 nitrogen and oxygen atoms in total. The first-order valence-corrected chi connectivity index (χ1v) is 8.66. The highest BCUT2D eigenvalue weighted by Crippen LogP contribution is 2.26. The summed E-state index contributed by atoms with van der Waals surface area (Å²) in [6.45, 7) is 0.565. The van der Waals surface area contributed by atoms with Crippen LogP contribution in [0.1, 0.15) is 29.2 Å². The van der Waals surface area contributed by atoms with Crippen LogP contribution in [-0.2, 0) is 6.61 Å². The molecule has 2 N–H and O–H groups in total. The van der Waals surface area contributed by atoms with Crippen LogP contribution < -0.4 is 10.2 Å². The Labute approximate surface area is 152 Å². The number of rotatable bonds is 5. The van der Waals surface area contributed by atoms with Gasteiger partial charge in [0, 0.05) is 6.42 Å². The second kappa shape index (κ2) is 7.31. The zero-order valence-electron chi connectivity index (χ0n) is 14.3. The van der Waals surface area contributed by atoms with Crippen LogP contribution in [0.2, 0.25) is 0 Å². The minimum atomic E-state index is 0.155. The first-order chi connectivity index (χ1) is 12.8. The van der Waals surface area contributed by atoms with Crippen molar-refractivity contribution in [1.82, 2.24) is 5.43 Å². The second-order valence-electron chi connectivity index (χ2n) is 6.33. The van der Waals surface area contributed by atoms with Crippen molar-refractivity contribution < 1.29 is 9.84 Å². The molecule has 0 saturated heterocycles. The van der Waals surface area contributed by atoms with Gasteiger partial charge < -0.3 is 15.3 Å². The maximum absolute atomic E-state index is 9.40. The summed E-state index contributed by atoms with van der Waals surface area (Å²) in [5, 5.41) is 13.9. The number of phenolic OH excluding ortho intramolecular Hbond substituents is 1. The number of benzene rings is 3. The average molecular weight is 344 g/mol. The van der Waals surface area contributed by atoms with Gasteiger partial charge >= 0.3 is 0 Å². The van der Waals surface area contributed by atoms with Gasteiger partial charge in [-0.05, 0) is 53.1 Å². The summed E-state index contributed by atoms with van der Waals surface area (Å²) in [4.78, 5) is 0. The van der Waals surface area contributed by atoms with E-state index in [4.69, 9.17) is 4.74 Å². The van der Waals surface area contributed by atoms with Crippen molar-refractivity contribution in [2.75, 3.05) is 0 Å². The molecule has 0 aliphatic carbocycles. The molecule has 26 heavy (non-hydrogen) atoms. The van der Waals surface area contributed by atoms with Gasteiger partial charge in [0.25, 0.3) is 0 Å². The number of hydrazone groups is 1. The van der Waals surface area contributed by atoms with Gasteiger partial charge in [-0.1, -0.05) is 42.5 Å². The molecule has 4 rings (SSSR count). The number of phenols is 1. The van der Waals surface area contributed by atoms with Crippen molar-refractivity contribution >= 4 is 5.71 Å². The molecule has 1 aliphatic heterocycles. The molecule has 0 radical (unpaired) electrons. The first kappa shape index (κ1) is 16.2. The molecule has 1 unspecified atom stereocenters. The van der Waals surface area contributed by atoms with Crippen LogP contribution >= 0.6 is 0 Å². The van der Waals surface area contributed by atoms with Crippen LogP contribution in [0.25, 0.3) is 0 Å². The monoisotopic (exact) mass is 344 g/mol. The third-order valence-corrected chi connectivity index (χ3v) is 4.48. The average Bonchev–Trinajstić information content (AvgIpc) is 3.18. The zero-order chi connectivity index (χ0) is 17.8. The van der Waals surface area contributed by atoms with Gasteiger partial charge in [-0.2, -0.15) is 5.10 Å². The van der Waals surface area contributed by atoms with Gasteiger partial charge in [-0.15, -0.1) is 0 Å². The topological polar surface area (TPSA) is 53.9 Å². The number of nitrogens with zero attached hydrogens (tertiary/aromatic N) is 1. The minimum absolute atomic E-state index is 0.155. The second-order valence-corrected chi connectivity index (χ2v) is 6.33. The largest absolute Gasteiger partial charge is 0.508 e. The van der Waals surface area contributed by atoms with Crippen LogP contribution in [-0.4, -0.2) is 10.8 Å². The Morgan fingerprint density at radius 3 is 2.38 bits per heavy atom. The molecule has 0 saturated carbocycles. The van der Waals surface area contributed by atoms with Gasteiger partial charge in [0.2, 0.25) is 0 Å². The molecule has 0 aromatic heterocycles. The van der Waals surface area contributed by atoms with E-state index in [1.54, 1.807) is 12.1 Å². The summed E-state index contributed by atoms with van der Waals surface area (Å²) in [7, 11) is 0. The summed E-state index contributed by atoms with van der Waals surface area (Å²) in [5.74, 6) is 1.12. The van der Waals surface area contributed by atoms with E-state index in [9.17, 15) is 5.11 Å². The predicted octanol–water partition coefficient (Wildman–Crippen LogP) is 4.41. The summed E-state index contributed by atoms with van der Waals surface area (Å²) in [5.41, 5.74) is 7.56. The Kier molecular flexibility index (Phi) is 4.56. The van der Waals surface area contributed by atoms with Gasteiger partial charge in [0.1, 0.15) is 18.1 Å². The Morgan fingerprint density at radius 1 is 0.923 bits per heavy atom. The fraction of sp³-hybridized carbons (Fsp3) is 0.136. The standard InChI is InChI=1S/C22H20N2O2/c25-19-10-6-17(7-11-19)21-14-22(24-23-21)18-8-12-20(13-9-18)26-15-16-4-2-1-3-5-16/h1-13,22,24-25H,14-15H2. The molecule has 1 atom stereocenters. The SMILES string of the molecule is Oc1ccc(C2=NNC(c3ccc(OCc4ccccc4)cc3)C2)cc1. The minimum Gasteiger partial charge on any atom is -0.508 e. The van der Waals surface area contributed by atoms with Crippen molar-refractivity contribution in [1.29, 1.82) is 0 Å². The van der Waals surface area contributed by atoms with E-state index in [0.29, 0.717) is 6.61 Å². The van der Waals surface area contributed by atoms with E-state index >= 15 is 0 Å². The van der Waals surface area contributed by atoms with Gasteiger partial charge in [-0.25, -0.2) is 0 Å². The summed E-state index contributed by atoms with van der Waals surface area (Å²) in [6, 6.07) is 25.6. The number of aromatic hydroxyl groups is 1. The van der Waals surface area contributed by atoms with Crippen LogP contribution in [0.3, 0.4) is 0 Å². The molecule has 3 aromatic rings. The Morgan fingerprint density at radius 2 is 1.65 bits per heavy atom. The van der Waals surface area contributed by atoms with Gasteiger partial charge in [-0.3, -0.25) is 0 Å². The molecular weight excluding hydrogens is 324 g/mol. The lowest BCUT2D eigenvalue weighted by Gasteiger charge is -2.12. The van der Waals surface area contributed by atoms with Crippen LogP contribution in [0.5, 0.6) is 11.5 Å². The molecular formula is C22H20N2O2. The third-order valence-electron chi connectivity index (χ3n) is 4.48. The molecule has 0 spiro atoms. The normalized spacial score (nSPS) is 16.0. The van der Waals surface area contributed by atoms with Crippen molar-refractivity contribution in [3.8, 4) is 11.5 Å². The summed E-state index contributed by atoms with van der Waals surface area (Å²) >= 11 is 0. The fourth-order valence-corrected chi connectivity index (χ4v) is 3.01. The molecule has 0 fully saturated rings. The predicted molar refractivity (Wildman–Crippen MR) is 102 cm³/mol. The third kappa shape index (κ3) is 3.70. The van der Waals surface area contributed by atoms with Crippen molar-refractivity contribution in [3.05, 3.63) is 95.6 Å². The Bertz CT molecular complexity index is 888. The molecule has 1 aliphatic rings. The molecule has 130 valence electrons. The number of hydrogen-bond acceptors (Lipinski definition) is 4. The van der Waals surface area contributed by atoms with Crippen molar-refractivity contribution in [2.45, 2.75) is 19.1 Å². The van der Waals surface area contributed by atoms with Gasteiger partial charge in [0.15, 0.2) is 0 Å². The summed E-state index contributed by atoms with van der Waals surface area (Å²) < 4.78 is 5.84. The smallest absolute Gasteiger partial charge is 0.119 e. The van der Waals surface area contributed by atoms with E-state index in [-0.39, 0.29) is 11.8 Å². The van der Waals surface area contributed by atoms with Crippen LogP contribution in [0.15, 0.2) is 84.0 Å². The highest BCUT2D eigenvalue weighted by molar-refractivity contribution is 6.01. The number of ether oxygens (including phenoxy) is 1. The van der Waals surface area contributed by atoms with E-state index in [2.05, 4.69) is 34.8 Å². The first-order valence-electron chi connectivity index (χ1n) is 8.66. The lowest BCUT2D eigenvalue weighted by molar-refractivity contribution is 0.306. The zero-order valence-corrected chi connectivity index (χ0v) is 14.3. The van der Waals surface area contributed by atoms with E-state index in [1.165, 1.54) is 5.56 Å². The van der Waals surface area contributed by atoms with E-state index in [1.807, 2.05) is 42.5 Å². The van der Waals surface area contributed by atoms with Crippen LogP contribution in [0.4, 0.5) is 0 Å². The van der Waals surface area contributed by atoms with Gasteiger partial charge in [0.05, 0.1) is 11.8 Å². The Hall–Kier alpha value is -3.27. The van der Waals surface area contributed by atoms with E-state index < -0.39 is 0 Å². The molecule has 0 bridgehead atoms. The molecule has 3 aromatic carbocycles. The summed E-state index contributed by atoms with van der Waals surface area (Å²) in [6.07, 6.45) is 0.814. The van der Waals surface area contributed by atoms with Crippen molar-refractivity contribution in [3.63, 3.8) is 0 Å². The highest BCUT2D eigenvalue weighted by Gasteiger charge is 2.21. The molecule has 4 heteroatoms. The lowest BCUT2D eigenvalue weighted by atomic mass is 9.99. The lowest BCUT2D eigenvalue weighted by Crippen LogP contribution is -2.09. The quantitative estimate of drug-likeness (QED) is 0.721. The fourth-order valence-electron chi connectivity index (χ4n) is 3.01. The van der Waals surface area contributed by atoms with Crippen molar-refractivity contribution in [2.24, 2.45) is 5.10 Å². The maximum Gasteiger partial charge on any atom is 0.119 e.